The Morgan fingerprint density at radius 1 is 1.36 bits per heavy atom. The van der Waals surface area contributed by atoms with Crippen LogP contribution in [0.25, 0.3) is 0 Å². The largest absolute Gasteiger partial charge is 0.854 e. The van der Waals surface area contributed by atoms with Crippen LogP contribution < -0.4 is 5.11 Å². The van der Waals surface area contributed by atoms with Crippen LogP contribution in [0.15, 0.2) is 12.1 Å². The lowest BCUT2D eigenvalue weighted by atomic mass is 10.3. The third kappa shape index (κ3) is 1.90. The summed E-state index contributed by atoms with van der Waals surface area (Å²) < 4.78 is 35.8. The number of aromatic nitrogens is 1. The number of halogens is 3. The maximum absolute atomic E-state index is 11.9. The van der Waals surface area contributed by atoms with Crippen LogP contribution in [0.5, 0.6) is 5.88 Å². The zero-order chi connectivity index (χ0) is 10.9. The highest BCUT2D eigenvalue weighted by Gasteiger charge is 2.33. The van der Waals surface area contributed by atoms with Gasteiger partial charge in [0.05, 0.1) is 10.8 Å². The van der Waals surface area contributed by atoms with Gasteiger partial charge >= 0.3 is 6.18 Å². The van der Waals surface area contributed by atoms with E-state index in [2.05, 4.69) is 4.98 Å². The molecule has 5 nitrogen and oxygen atoms in total. The summed E-state index contributed by atoms with van der Waals surface area (Å²) in [6.07, 6.45) is -4.77. The van der Waals surface area contributed by atoms with E-state index in [0.29, 0.717) is 12.1 Å². The molecule has 0 atom stereocenters. The molecular formula is C6H2F3N2O3-. The van der Waals surface area contributed by atoms with Crippen molar-refractivity contribution in [3.63, 3.8) is 0 Å². The van der Waals surface area contributed by atoms with Crippen molar-refractivity contribution in [3.8, 4) is 5.88 Å². The second-order valence-electron chi connectivity index (χ2n) is 2.28. The van der Waals surface area contributed by atoms with E-state index in [0.717, 1.165) is 0 Å². The van der Waals surface area contributed by atoms with Gasteiger partial charge in [0.15, 0.2) is 0 Å². The number of nitro groups is 1. The molecular weight excluding hydrogens is 205 g/mol. The van der Waals surface area contributed by atoms with Crippen molar-refractivity contribution in [2.45, 2.75) is 6.18 Å². The molecule has 0 N–H and O–H groups in total. The van der Waals surface area contributed by atoms with Crippen LogP contribution in [0.2, 0.25) is 0 Å². The number of hydrogen-bond acceptors (Lipinski definition) is 4. The maximum Gasteiger partial charge on any atom is 0.433 e. The van der Waals surface area contributed by atoms with Gasteiger partial charge < -0.3 is 5.11 Å². The van der Waals surface area contributed by atoms with Gasteiger partial charge in [-0.15, -0.1) is 0 Å². The molecule has 8 heteroatoms. The standard InChI is InChI=1S/C6H3F3N2O3/c7-6(8,9)4-2-1-3(11(13)14)5(12)10-4/h1-2H,(H,10,12)/p-1. The van der Waals surface area contributed by atoms with Gasteiger partial charge in [0.2, 0.25) is 0 Å². The third-order valence-corrected chi connectivity index (χ3v) is 1.33. The van der Waals surface area contributed by atoms with Crippen LogP contribution in [0.4, 0.5) is 18.9 Å². The Labute approximate surface area is 75.0 Å². The van der Waals surface area contributed by atoms with E-state index in [1.165, 1.54) is 0 Å². The molecule has 0 aliphatic carbocycles. The normalized spacial score (nSPS) is 11.4. The SMILES string of the molecule is O=[N+]([O-])c1ccc(C(F)(F)F)nc1[O-]. The fourth-order valence-corrected chi connectivity index (χ4v) is 0.730. The lowest BCUT2D eigenvalue weighted by Gasteiger charge is -2.09. The van der Waals surface area contributed by atoms with Gasteiger partial charge in [0, 0.05) is 6.07 Å². The van der Waals surface area contributed by atoms with Crippen molar-refractivity contribution in [3.05, 3.63) is 27.9 Å². The molecule has 0 aliphatic rings. The van der Waals surface area contributed by atoms with Crippen LogP contribution in [0.3, 0.4) is 0 Å². The summed E-state index contributed by atoms with van der Waals surface area (Å²) in [4.78, 5) is 11.5. The molecule has 0 unspecified atom stereocenters. The molecule has 1 aromatic rings. The summed E-state index contributed by atoms with van der Waals surface area (Å²) in [7, 11) is 0. The second-order valence-corrected chi connectivity index (χ2v) is 2.28. The molecule has 0 aromatic carbocycles. The van der Waals surface area contributed by atoms with E-state index in [9.17, 15) is 28.4 Å². The van der Waals surface area contributed by atoms with Crippen molar-refractivity contribution in [2.24, 2.45) is 0 Å². The Bertz CT molecular complexity index is 377. The van der Waals surface area contributed by atoms with E-state index >= 15 is 0 Å². The van der Waals surface area contributed by atoms with Crippen molar-refractivity contribution in [1.29, 1.82) is 0 Å². The van der Waals surface area contributed by atoms with E-state index in [4.69, 9.17) is 0 Å². The molecule has 0 saturated heterocycles. The molecule has 0 aliphatic heterocycles. The van der Waals surface area contributed by atoms with Gasteiger partial charge in [0.25, 0.3) is 5.69 Å². The molecule has 14 heavy (non-hydrogen) atoms. The van der Waals surface area contributed by atoms with Crippen molar-refractivity contribution < 1.29 is 23.2 Å². The minimum Gasteiger partial charge on any atom is -0.854 e. The Balaban J connectivity index is 3.20. The zero-order valence-corrected chi connectivity index (χ0v) is 6.41. The second kappa shape index (κ2) is 3.13. The average molecular weight is 207 g/mol. The van der Waals surface area contributed by atoms with Gasteiger partial charge in [-0.25, -0.2) is 0 Å². The number of alkyl halides is 3. The smallest absolute Gasteiger partial charge is 0.433 e. The van der Waals surface area contributed by atoms with Gasteiger partial charge in [-0.05, 0) is 6.07 Å². The van der Waals surface area contributed by atoms with Gasteiger partial charge in [-0.1, -0.05) is 0 Å². The predicted molar refractivity (Wildman–Crippen MR) is 35.3 cm³/mol. The van der Waals surface area contributed by atoms with Crippen LogP contribution >= 0.6 is 0 Å². The molecule has 0 bridgehead atoms. The molecule has 1 aromatic heterocycles. The van der Waals surface area contributed by atoms with E-state index < -0.39 is 28.4 Å². The first-order valence-electron chi connectivity index (χ1n) is 3.22. The first-order chi connectivity index (χ1) is 6.32. The Morgan fingerprint density at radius 3 is 2.29 bits per heavy atom. The topological polar surface area (TPSA) is 79.1 Å². The quantitative estimate of drug-likeness (QED) is 0.509. The number of pyridine rings is 1. The van der Waals surface area contributed by atoms with Crippen molar-refractivity contribution in [1.82, 2.24) is 4.98 Å². The number of rotatable bonds is 1. The fraction of sp³-hybridized carbons (Fsp3) is 0.167. The summed E-state index contributed by atoms with van der Waals surface area (Å²) in [6, 6.07) is 0.873. The first kappa shape index (κ1) is 10.2. The predicted octanol–water partition coefficient (Wildman–Crippen LogP) is 1.08. The summed E-state index contributed by atoms with van der Waals surface area (Å²) in [5, 5.41) is 20.7. The molecule has 76 valence electrons. The lowest BCUT2D eigenvalue weighted by Crippen LogP contribution is -2.11. The van der Waals surface area contributed by atoms with Crippen LogP contribution in [-0.4, -0.2) is 9.91 Å². The average Bonchev–Trinajstić information content (AvgIpc) is 2.01. The highest BCUT2D eigenvalue weighted by Crippen LogP contribution is 2.31. The summed E-state index contributed by atoms with van der Waals surface area (Å²) in [6.45, 7) is 0. The first-order valence-corrected chi connectivity index (χ1v) is 3.22. The molecule has 1 heterocycles. The Kier molecular flexibility index (Phi) is 2.28. The summed E-state index contributed by atoms with van der Waals surface area (Å²) in [5.74, 6) is -1.50. The van der Waals surface area contributed by atoms with Crippen LogP contribution in [-0.2, 0) is 6.18 Å². The molecule has 0 fully saturated rings. The minimum absolute atomic E-state index is 0.388. The molecule has 0 spiro atoms. The van der Waals surface area contributed by atoms with Gasteiger partial charge in [-0.3, -0.25) is 15.1 Å². The Hall–Kier alpha value is -1.86. The Morgan fingerprint density at radius 2 is 1.93 bits per heavy atom. The fourth-order valence-electron chi connectivity index (χ4n) is 0.730. The monoisotopic (exact) mass is 207 g/mol. The van der Waals surface area contributed by atoms with E-state index in [1.54, 1.807) is 0 Å². The summed E-state index contributed by atoms with van der Waals surface area (Å²) >= 11 is 0. The summed E-state index contributed by atoms with van der Waals surface area (Å²) in [5.41, 5.74) is -2.41. The lowest BCUT2D eigenvalue weighted by molar-refractivity contribution is -0.399. The molecule has 1 rings (SSSR count). The maximum atomic E-state index is 11.9. The highest BCUT2D eigenvalue weighted by molar-refractivity contribution is 5.39. The van der Waals surface area contributed by atoms with Crippen LogP contribution in [0.1, 0.15) is 5.69 Å². The minimum atomic E-state index is -4.77. The molecule has 0 amide bonds. The van der Waals surface area contributed by atoms with Crippen molar-refractivity contribution in [2.75, 3.05) is 0 Å². The third-order valence-electron chi connectivity index (χ3n) is 1.33. The number of nitrogens with zero attached hydrogens (tertiary/aromatic N) is 2. The highest BCUT2D eigenvalue weighted by atomic mass is 19.4. The molecule has 0 radical (unpaired) electrons. The zero-order valence-electron chi connectivity index (χ0n) is 6.41. The van der Waals surface area contributed by atoms with Crippen LogP contribution in [0, 0.1) is 10.1 Å². The van der Waals surface area contributed by atoms with E-state index in [-0.39, 0.29) is 0 Å². The van der Waals surface area contributed by atoms with Gasteiger partial charge in [0.1, 0.15) is 5.69 Å². The van der Waals surface area contributed by atoms with E-state index in [1.807, 2.05) is 0 Å². The van der Waals surface area contributed by atoms with Gasteiger partial charge in [-0.2, -0.15) is 13.2 Å². The molecule has 0 saturated carbocycles. The van der Waals surface area contributed by atoms with Crippen molar-refractivity contribution >= 4 is 5.69 Å². The number of hydrogen-bond donors (Lipinski definition) is 0.